The van der Waals surface area contributed by atoms with E-state index in [1.165, 1.54) is 17.1 Å². The Morgan fingerprint density at radius 3 is 2.48 bits per heavy atom. The first-order valence-electron chi connectivity index (χ1n) is 11.9. The van der Waals surface area contributed by atoms with Gasteiger partial charge >= 0.3 is 6.03 Å². The number of hydrazine groups is 1. The van der Waals surface area contributed by atoms with Gasteiger partial charge in [-0.1, -0.05) is 26.0 Å². The van der Waals surface area contributed by atoms with E-state index in [0.29, 0.717) is 31.7 Å². The average molecular weight is 460 g/mol. The van der Waals surface area contributed by atoms with Gasteiger partial charge in [0, 0.05) is 24.5 Å². The number of nitrogens with zero attached hydrogens (tertiary/aromatic N) is 3. The molecule has 2 saturated heterocycles. The summed E-state index contributed by atoms with van der Waals surface area (Å²) in [5.74, 6) is -0.478. The van der Waals surface area contributed by atoms with Crippen LogP contribution in [0, 0.1) is 23.6 Å². The zero-order valence-electron chi connectivity index (χ0n) is 19.8. The molecule has 0 aromatic heterocycles. The second-order valence-electron chi connectivity index (χ2n) is 10.1. The summed E-state index contributed by atoms with van der Waals surface area (Å²) in [5.41, 5.74) is 3.99. The van der Waals surface area contributed by atoms with E-state index in [-0.39, 0.29) is 54.1 Å². The molecule has 4 rings (SSSR count). The number of hydrogen-bond donors (Lipinski definition) is 2. The minimum Gasteiger partial charge on any atom is -0.356 e. The van der Waals surface area contributed by atoms with E-state index in [1.54, 1.807) is 21.9 Å². The summed E-state index contributed by atoms with van der Waals surface area (Å²) in [5, 5.41) is 4.50. The van der Waals surface area contributed by atoms with Crippen LogP contribution < -0.4 is 10.7 Å². The largest absolute Gasteiger partial charge is 0.356 e. The van der Waals surface area contributed by atoms with Gasteiger partial charge in [-0.05, 0) is 56.7 Å². The number of halogens is 1. The lowest BCUT2D eigenvalue weighted by atomic mass is 9.75. The van der Waals surface area contributed by atoms with Crippen LogP contribution in [0.1, 0.15) is 52.5 Å². The number of fused-ring (bicyclic) bond motifs is 3. The minimum atomic E-state index is -0.593. The van der Waals surface area contributed by atoms with Gasteiger partial charge in [0.05, 0.1) is 12.5 Å². The van der Waals surface area contributed by atoms with Crippen LogP contribution in [0.4, 0.5) is 9.18 Å². The Kier molecular flexibility index (Phi) is 6.61. The smallest absolute Gasteiger partial charge is 0.337 e. The van der Waals surface area contributed by atoms with E-state index < -0.39 is 6.29 Å². The topological polar surface area (TPSA) is 85.0 Å². The van der Waals surface area contributed by atoms with Gasteiger partial charge < -0.3 is 10.2 Å². The molecular weight excluding hydrogens is 425 g/mol. The molecule has 4 atom stereocenters. The average Bonchev–Trinajstić information content (AvgIpc) is 3.08. The van der Waals surface area contributed by atoms with Gasteiger partial charge in [-0.2, -0.15) is 5.43 Å². The van der Waals surface area contributed by atoms with Gasteiger partial charge in [0.15, 0.2) is 6.29 Å². The van der Waals surface area contributed by atoms with Gasteiger partial charge in [-0.15, -0.1) is 0 Å². The summed E-state index contributed by atoms with van der Waals surface area (Å²) in [4.78, 5) is 43.2. The summed E-state index contributed by atoms with van der Waals surface area (Å²) in [6, 6.07) is 5.37. The standard InChI is InChI=1S/C24H34FN5O3/c1-14(2)12-26-21(31)17-7-10-19-20(11-17)30-23(29(15(3)4)22(19)32)27-28(24(30)33)13-16-5-8-18(25)9-6-16/h5-6,8-9,14-15,17,19-20,23,27H,7,10-13H2,1-4H3,(H,26,31). The van der Waals surface area contributed by atoms with Crippen molar-refractivity contribution in [1.29, 1.82) is 0 Å². The van der Waals surface area contributed by atoms with Crippen molar-refractivity contribution in [3.8, 4) is 0 Å². The predicted molar refractivity (Wildman–Crippen MR) is 121 cm³/mol. The lowest BCUT2D eigenvalue weighted by Gasteiger charge is -2.51. The Morgan fingerprint density at radius 1 is 1.15 bits per heavy atom. The molecule has 0 radical (unpaired) electrons. The monoisotopic (exact) mass is 459 g/mol. The molecule has 33 heavy (non-hydrogen) atoms. The first-order chi connectivity index (χ1) is 15.7. The second-order valence-corrected chi connectivity index (χ2v) is 10.1. The van der Waals surface area contributed by atoms with E-state index >= 15 is 0 Å². The van der Waals surface area contributed by atoms with E-state index in [9.17, 15) is 18.8 Å². The molecule has 1 saturated carbocycles. The number of carbonyl (C=O) groups is 3. The number of carbonyl (C=O) groups excluding carboxylic acids is 3. The van der Waals surface area contributed by atoms with Crippen molar-refractivity contribution in [2.24, 2.45) is 17.8 Å². The number of nitrogens with one attached hydrogen (secondary N) is 2. The third-order valence-corrected chi connectivity index (χ3v) is 6.86. The second kappa shape index (κ2) is 9.29. The van der Waals surface area contributed by atoms with Crippen molar-refractivity contribution in [2.75, 3.05) is 6.54 Å². The molecule has 0 bridgehead atoms. The maximum Gasteiger partial charge on any atom is 0.337 e. The molecule has 2 heterocycles. The Bertz CT molecular complexity index is 906. The van der Waals surface area contributed by atoms with Crippen molar-refractivity contribution >= 4 is 17.8 Å². The number of rotatable bonds is 6. The van der Waals surface area contributed by atoms with Crippen LogP contribution in [0.2, 0.25) is 0 Å². The molecule has 4 amide bonds. The Balaban J connectivity index is 1.56. The number of amides is 4. The number of urea groups is 1. The maximum absolute atomic E-state index is 13.5. The van der Waals surface area contributed by atoms with Crippen LogP contribution in [0.5, 0.6) is 0 Å². The highest BCUT2D eigenvalue weighted by atomic mass is 19.1. The van der Waals surface area contributed by atoms with Crippen LogP contribution in [0.25, 0.3) is 0 Å². The highest BCUT2D eigenvalue weighted by Crippen LogP contribution is 2.41. The fourth-order valence-electron chi connectivity index (χ4n) is 5.18. The molecule has 3 fully saturated rings. The van der Waals surface area contributed by atoms with Crippen LogP contribution in [0.3, 0.4) is 0 Å². The SMILES string of the molecule is CC(C)CNC(=O)C1CCC2C(=O)N(C(C)C)C3NN(Cc4ccc(F)cc4)C(=O)N3C2C1. The predicted octanol–water partition coefficient (Wildman–Crippen LogP) is 2.66. The summed E-state index contributed by atoms with van der Waals surface area (Å²) in [6.45, 7) is 8.84. The van der Waals surface area contributed by atoms with Gasteiger partial charge in [0.25, 0.3) is 0 Å². The molecule has 1 aromatic carbocycles. The first-order valence-corrected chi connectivity index (χ1v) is 11.9. The van der Waals surface area contributed by atoms with Crippen LogP contribution in [-0.2, 0) is 16.1 Å². The summed E-state index contributed by atoms with van der Waals surface area (Å²) < 4.78 is 13.3. The molecule has 180 valence electrons. The van der Waals surface area contributed by atoms with Crippen LogP contribution in [-0.4, -0.2) is 57.6 Å². The zero-order chi connectivity index (χ0) is 23.9. The molecule has 2 N–H and O–H groups in total. The van der Waals surface area contributed by atoms with Crippen molar-refractivity contribution in [2.45, 2.75) is 71.9 Å². The van der Waals surface area contributed by atoms with Crippen molar-refractivity contribution in [1.82, 2.24) is 25.6 Å². The molecule has 1 aliphatic carbocycles. The summed E-state index contributed by atoms with van der Waals surface area (Å²) >= 11 is 0. The van der Waals surface area contributed by atoms with Crippen LogP contribution in [0.15, 0.2) is 24.3 Å². The molecule has 2 aliphatic heterocycles. The summed E-state index contributed by atoms with van der Waals surface area (Å²) in [6.07, 6.45) is 1.10. The number of hydrogen-bond acceptors (Lipinski definition) is 4. The van der Waals surface area contributed by atoms with Crippen molar-refractivity contribution < 1.29 is 18.8 Å². The van der Waals surface area contributed by atoms with E-state index in [2.05, 4.69) is 10.7 Å². The maximum atomic E-state index is 13.5. The summed E-state index contributed by atoms with van der Waals surface area (Å²) in [7, 11) is 0. The minimum absolute atomic E-state index is 0.000196. The lowest BCUT2D eigenvalue weighted by Crippen LogP contribution is -2.68. The van der Waals surface area contributed by atoms with E-state index in [4.69, 9.17) is 0 Å². The van der Waals surface area contributed by atoms with E-state index in [0.717, 1.165) is 5.56 Å². The van der Waals surface area contributed by atoms with Crippen molar-refractivity contribution in [3.05, 3.63) is 35.6 Å². The van der Waals surface area contributed by atoms with Gasteiger partial charge in [-0.3, -0.25) is 19.5 Å². The molecule has 1 aromatic rings. The zero-order valence-corrected chi connectivity index (χ0v) is 19.8. The van der Waals surface area contributed by atoms with Crippen molar-refractivity contribution in [3.63, 3.8) is 0 Å². The molecule has 0 spiro atoms. The molecular formula is C24H34FN5O3. The normalized spacial score (nSPS) is 27.3. The molecule has 9 heteroatoms. The highest BCUT2D eigenvalue weighted by molar-refractivity contribution is 5.87. The highest BCUT2D eigenvalue weighted by Gasteiger charge is 2.56. The van der Waals surface area contributed by atoms with Gasteiger partial charge in [-0.25, -0.2) is 9.18 Å². The van der Waals surface area contributed by atoms with Crippen LogP contribution >= 0.6 is 0 Å². The third kappa shape index (κ3) is 4.55. The van der Waals surface area contributed by atoms with Gasteiger partial charge in [0.2, 0.25) is 11.8 Å². The number of benzene rings is 1. The van der Waals surface area contributed by atoms with E-state index in [1.807, 2.05) is 27.7 Å². The van der Waals surface area contributed by atoms with Gasteiger partial charge in [0.1, 0.15) is 5.82 Å². The fraction of sp³-hybridized carbons (Fsp3) is 0.625. The Hall–Kier alpha value is -2.68. The quantitative estimate of drug-likeness (QED) is 0.685. The molecule has 4 unspecified atom stereocenters. The molecule has 8 nitrogen and oxygen atoms in total. The molecule has 3 aliphatic rings. The fourth-order valence-corrected chi connectivity index (χ4v) is 5.18. The first kappa shape index (κ1) is 23.5. The third-order valence-electron chi connectivity index (χ3n) is 6.86. The Labute approximate surface area is 194 Å². The lowest BCUT2D eigenvalue weighted by molar-refractivity contribution is -0.162. The Morgan fingerprint density at radius 2 is 1.85 bits per heavy atom.